The highest BCUT2D eigenvalue weighted by molar-refractivity contribution is 5.82. The number of carbonyl (C=O) groups excluding carboxylic acids is 1. The molecule has 3 rings (SSSR count). The van der Waals surface area contributed by atoms with Gasteiger partial charge in [0.05, 0.1) is 6.54 Å². The number of amides is 1. The van der Waals surface area contributed by atoms with Crippen molar-refractivity contribution in [2.24, 2.45) is 11.3 Å². The molecule has 1 aliphatic carbocycles. The van der Waals surface area contributed by atoms with E-state index in [-0.39, 0.29) is 29.2 Å². The SMILES string of the molecule is CC1(C)CC1C(=O)N1CCC(Oc2cccc(F)n2)C1. The number of nitrogens with zero attached hydrogens (tertiary/aromatic N) is 2. The van der Waals surface area contributed by atoms with Gasteiger partial charge in [-0.2, -0.15) is 9.37 Å². The van der Waals surface area contributed by atoms with E-state index >= 15 is 0 Å². The van der Waals surface area contributed by atoms with Gasteiger partial charge in [0.1, 0.15) is 6.10 Å². The summed E-state index contributed by atoms with van der Waals surface area (Å²) in [5.74, 6) is 0.131. The van der Waals surface area contributed by atoms with Crippen LogP contribution in [-0.4, -0.2) is 35.0 Å². The summed E-state index contributed by atoms with van der Waals surface area (Å²) in [5.41, 5.74) is 0.153. The quantitative estimate of drug-likeness (QED) is 0.796. The molecule has 0 bridgehead atoms. The Morgan fingerprint density at radius 1 is 1.50 bits per heavy atom. The highest BCUT2D eigenvalue weighted by Gasteiger charge is 2.52. The monoisotopic (exact) mass is 278 g/mol. The molecule has 1 aromatic heterocycles. The zero-order valence-corrected chi connectivity index (χ0v) is 11.8. The first-order chi connectivity index (χ1) is 9.45. The maximum Gasteiger partial charge on any atom is 0.226 e. The molecule has 0 spiro atoms. The number of hydrogen-bond acceptors (Lipinski definition) is 3. The fourth-order valence-electron chi connectivity index (χ4n) is 2.76. The molecule has 5 heteroatoms. The summed E-state index contributed by atoms with van der Waals surface area (Å²) < 4.78 is 18.6. The third-order valence-corrected chi connectivity index (χ3v) is 4.25. The lowest BCUT2D eigenvalue weighted by Gasteiger charge is -2.17. The van der Waals surface area contributed by atoms with Crippen molar-refractivity contribution in [2.45, 2.75) is 32.8 Å². The predicted octanol–water partition coefficient (Wildman–Crippen LogP) is 2.25. The van der Waals surface area contributed by atoms with Gasteiger partial charge in [-0.15, -0.1) is 0 Å². The molecule has 1 saturated carbocycles. The van der Waals surface area contributed by atoms with Crippen LogP contribution in [-0.2, 0) is 4.79 Å². The Morgan fingerprint density at radius 2 is 2.25 bits per heavy atom. The lowest BCUT2D eigenvalue weighted by Crippen LogP contribution is -2.33. The van der Waals surface area contributed by atoms with E-state index in [1.54, 1.807) is 12.1 Å². The summed E-state index contributed by atoms with van der Waals surface area (Å²) >= 11 is 0. The molecule has 108 valence electrons. The third kappa shape index (κ3) is 2.62. The summed E-state index contributed by atoms with van der Waals surface area (Å²) in [5, 5.41) is 0. The minimum atomic E-state index is -0.548. The molecule has 1 saturated heterocycles. The Kier molecular flexibility index (Phi) is 3.15. The van der Waals surface area contributed by atoms with Gasteiger partial charge in [0.25, 0.3) is 0 Å². The van der Waals surface area contributed by atoms with Crippen LogP contribution in [0.15, 0.2) is 18.2 Å². The molecule has 1 aromatic rings. The largest absolute Gasteiger partial charge is 0.472 e. The van der Waals surface area contributed by atoms with E-state index in [0.717, 1.165) is 12.8 Å². The van der Waals surface area contributed by atoms with Gasteiger partial charge < -0.3 is 9.64 Å². The van der Waals surface area contributed by atoms with Crippen LogP contribution in [0.25, 0.3) is 0 Å². The Bertz CT molecular complexity index is 532. The van der Waals surface area contributed by atoms with Crippen LogP contribution in [0.2, 0.25) is 0 Å². The number of halogens is 1. The van der Waals surface area contributed by atoms with E-state index < -0.39 is 5.95 Å². The van der Waals surface area contributed by atoms with E-state index in [2.05, 4.69) is 18.8 Å². The average molecular weight is 278 g/mol. The van der Waals surface area contributed by atoms with Crippen LogP contribution in [0.3, 0.4) is 0 Å². The first-order valence-corrected chi connectivity index (χ1v) is 7.04. The highest BCUT2D eigenvalue weighted by Crippen LogP contribution is 2.52. The second-order valence-electron chi connectivity index (χ2n) is 6.36. The minimum absolute atomic E-state index is 0.0879. The lowest BCUT2D eigenvalue weighted by molar-refractivity contribution is -0.132. The Hall–Kier alpha value is -1.65. The van der Waals surface area contributed by atoms with E-state index in [4.69, 9.17) is 4.74 Å². The van der Waals surface area contributed by atoms with Crippen LogP contribution in [0.5, 0.6) is 5.88 Å². The maximum absolute atomic E-state index is 13.0. The Morgan fingerprint density at radius 3 is 2.90 bits per heavy atom. The average Bonchev–Trinajstić information content (AvgIpc) is 2.82. The molecule has 0 aromatic carbocycles. The topological polar surface area (TPSA) is 42.4 Å². The van der Waals surface area contributed by atoms with E-state index in [1.807, 2.05) is 4.90 Å². The number of rotatable bonds is 3. The number of aromatic nitrogens is 1. The molecule has 0 radical (unpaired) electrons. The van der Waals surface area contributed by atoms with Crippen molar-refractivity contribution in [1.82, 2.24) is 9.88 Å². The van der Waals surface area contributed by atoms with Gasteiger partial charge in [-0.25, -0.2) is 0 Å². The molecule has 2 atom stereocenters. The molecule has 20 heavy (non-hydrogen) atoms. The molecule has 2 fully saturated rings. The van der Waals surface area contributed by atoms with Crippen molar-refractivity contribution in [2.75, 3.05) is 13.1 Å². The molecule has 2 aliphatic rings. The molecule has 4 nitrogen and oxygen atoms in total. The first-order valence-electron chi connectivity index (χ1n) is 7.04. The summed E-state index contributed by atoms with van der Waals surface area (Å²) in [6, 6.07) is 4.49. The van der Waals surface area contributed by atoms with Crippen LogP contribution in [0.1, 0.15) is 26.7 Å². The van der Waals surface area contributed by atoms with Crippen molar-refractivity contribution in [3.05, 3.63) is 24.1 Å². The van der Waals surface area contributed by atoms with Crippen molar-refractivity contribution in [3.63, 3.8) is 0 Å². The summed E-state index contributed by atoms with van der Waals surface area (Å²) in [7, 11) is 0. The molecule has 2 unspecified atom stereocenters. The number of ether oxygens (including phenoxy) is 1. The first kappa shape index (κ1) is 13.3. The standard InChI is InChI=1S/C15H19FN2O2/c1-15(2)8-11(15)14(19)18-7-6-10(9-18)20-13-5-3-4-12(16)17-13/h3-5,10-11H,6-9H2,1-2H3. The van der Waals surface area contributed by atoms with Crippen molar-refractivity contribution < 1.29 is 13.9 Å². The summed E-state index contributed by atoms with van der Waals surface area (Å²) in [6.45, 7) is 5.53. The zero-order chi connectivity index (χ0) is 14.3. The highest BCUT2D eigenvalue weighted by atomic mass is 19.1. The Labute approximate surface area is 117 Å². The number of hydrogen-bond donors (Lipinski definition) is 0. The summed E-state index contributed by atoms with van der Waals surface area (Å²) in [4.78, 5) is 17.8. The molecule has 0 N–H and O–H groups in total. The van der Waals surface area contributed by atoms with Crippen molar-refractivity contribution >= 4 is 5.91 Å². The number of likely N-dealkylation sites (tertiary alicyclic amines) is 1. The van der Waals surface area contributed by atoms with Crippen LogP contribution < -0.4 is 4.74 Å². The third-order valence-electron chi connectivity index (χ3n) is 4.25. The maximum atomic E-state index is 13.0. The van der Waals surface area contributed by atoms with E-state index in [9.17, 15) is 9.18 Å². The van der Waals surface area contributed by atoms with Crippen molar-refractivity contribution in [1.29, 1.82) is 0 Å². The fourth-order valence-corrected chi connectivity index (χ4v) is 2.76. The van der Waals surface area contributed by atoms with Gasteiger partial charge in [0.2, 0.25) is 17.7 Å². The lowest BCUT2D eigenvalue weighted by atomic mass is 10.1. The summed E-state index contributed by atoms with van der Waals surface area (Å²) in [6.07, 6.45) is 1.66. The molecule has 1 amide bonds. The second-order valence-corrected chi connectivity index (χ2v) is 6.36. The van der Waals surface area contributed by atoms with Crippen LogP contribution in [0, 0.1) is 17.3 Å². The zero-order valence-electron chi connectivity index (χ0n) is 11.8. The van der Waals surface area contributed by atoms with Gasteiger partial charge in [-0.1, -0.05) is 19.9 Å². The van der Waals surface area contributed by atoms with Gasteiger partial charge in [-0.05, 0) is 17.9 Å². The predicted molar refractivity (Wildman–Crippen MR) is 71.7 cm³/mol. The number of carbonyl (C=O) groups is 1. The molecule has 2 heterocycles. The second kappa shape index (κ2) is 4.72. The van der Waals surface area contributed by atoms with Gasteiger partial charge in [0, 0.05) is 24.9 Å². The van der Waals surface area contributed by atoms with Gasteiger partial charge in [-0.3, -0.25) is 4.79 Å². The number of pyridine rings is 1. The van der Waals surface area contributed by atoms with E-state index in [1.165, 1.54) is 6.07 Å². The minimum Gasteiger partial charge on any atom is -0.472 e. The molecule has 1 aliphatic heterocycles. The normalized spacial score (nSPS) is 27.4. The van der Waals surface area contributed by atoms with Gasteiger partial charge in [0.15, 0.2) is 0 Å². The smallest absolute Gasteiger partial charge is 0.226 e. The Balaban J connectivity index is 1.56. The fraction of sp³-hybridized carbons (Fsp3) is 0.600. The van der Waals surface area contributed by atoms with Crippen molar-refractivity contribution in [3.8, 4) is 5.88 Å². The van der Waals surface area contributed by atoms with Gasteiger partial charge >= 0.3 is 0 Å². The molecular weight excluding hydrogens is 259 g/mol. The van der Waals surface area contributed by atoms with Crippen LogP contribution >= 0.6 is 0 Å². The van der Waals surface area contributed by atoms with Crippen LogP contribution in [0.4, 0.5) is 4.39 Å². The molecular formula is C15H19FN2O2. The van der Waals surface area contributed by atoms with E-state index in [0.29, 0.717) is 13.1 Å².